The van der Waals surface area contributed by atoms with E-state index in [2.05, 4.69) is 45.9 Å². The maximum Gasteiger partial charge on any atom is 0.137 e. The lowest BCUT2D eigenvalue weighted by Gasteiger charge is -2.32. The van der Waals surface area contributed by atoms with Gasteiger partial charge in [0, 0.05) is 0 Å². The van der Waals surface area contributed by atoms with Crippen molar-refractivity contribution in [3.8, 4) is 5.75 Å². The Morgan fingerprint density at radius 1 is 1.20 bits per heavy atom. The molecule has 2 rings (SSSR count). The highest BCUT2D eigenvalue weighted by molar-refractivity contribution is 5.35. The van der Waals surface area contributed by atoms with Crippen LogP contribution in [0.15, 0.2) is 24.3 Å². The maximum absolute atomic E-state index is 6.01. The molecule has 1 aromatic carbocycles. The summed E-state index contributed by atoms with van der Waals surface area (Å²) in [7, 11) is 0. The van der Waals surface area contributed by atoms with E-state index in [9.17, 15) is 0 Å². The van der Waals surface area contributed by atoms with Crippen LogP contribution in [0.4, 0.5) is 0 Å². The van der Waals surface area contributed by atoms with Gasteiger partial charge in [0.25, 0.3) is 0 Å². The molecule has 1 saturated heterocycles. The first-order valence-electron chi connectivity index (χ1n) is 7.77. The van der Waals surface area contributed by atoms with Gasteiger partial charge in [0.05, 0.1) is 0 Å². The summed E-state index contributed by atoms with van der Waals surface area (Å²) >= 11 is 0. The van der Waals surface area contributed by atoms with Crippen molar-refractivity contribution < 1.29 is 14.4 Å². The second-order valence-electron chi connectivity index (χ2n) is 6.21. The van der Waals surface area contributed by atoms with Crippen LogP contribution in [-0.4, -0.2) is 38.4 Å². The molecule has 1 aliphatic rings. The summed E-state index contributed by atoms with van der Waals surface area (Å²) in [5, 5.41) is 0. The molecule has 0 unspecified atom stereocenters. The van der Waals surface area contributed by atoms with E-state index in [4.69, 9.17) is 9.47 Å². The van der Waals surface area contributed by atoms with Crippen LogP contribution in [0.25, 0.3) is 0 Å². The third-order valence-corrected chi connectivity index (χ3v) is 3.87. The van der Waals surface area contributed by atoms with E-state index in [1.165, 1.54) is 5.56 Å². The molecule has 1 N–H and O–H groups in total. The van der Waals surface area contributed by atoms with Gasteiger partial charge in [0.15, 0.2) is 0 Å². The van der Waals surface area contributed by atoms with E-state index < -0.39 is 0 Å². The largest absolute Gasteiger partial charge is 0.487 e. The molecule has 3 nitrogen and oxygen atoms in total. The predicted molar refractivity (Wildman–Crippen MR) is 81.6 cm³/mol. The fourth-order valence-electron chi connectivity index (χ4n) is 2.99. The Kier molecular flexibility index (Phi) is 5.44. The van der Waals surface area contributed by atoms with Gasteiger partial charge in [-0.3, -0.25) is 0 Å². The van der Waals surface area contributed by atoms with Crippen molar-refractivity contribution in [2.75, 3.05) is 26.2 Å². The van der Waals surface area contributed by atoms with E-state index in [-0.39, 0.29) is 0 Å². The average molecular weight is 278 g/mol. The number of nitrogens with one attached hydrogen (secondary N) is 1. The molecule has 0 aliphatic carbocycles. The smallest absolute Gasteiger partial charge is 0.137 e. The van der Waals surface area contributed by atoms with Gasteiger partial charge < -0.3 is 14.4 Å². The number of ether oxygens (including phenoxy) is 2. The minimum atomic E-state index is 0.358. The molecular formula is C17H28NO2+. The van der Waals surface area contributed by atoms with Gasteiger partial charge in [-0.05, 0) is 31.4 Å². The Labute approximate surface area is 122 Å². The number of para-hydroxylation sites is 1. The third-order valence-electron chi connectivity index (χ3n) is 3.87. The summed E-state index contributed by atoms with van der Waals surface area (Å²) in [5.74, 6) is 1.54. The second kappa shape index (κ2) is 7.09. The summed E-state index contributed by atoms with van der Waals surface area (Å²) < 4.78 is 11.8. The van der Waals surface area contributed by atoms with Crippen molar-refractivity contribution in [2.45, 2.75) is 45.8 Å². The van der Waals surface area contributed by atoms with Crippen LogP contribution in [0.1, 0.15) is 39.2 Å². The highest BCUT2D eigenvalue weighted by Crippen LogP contribution is 2.25. The van der Waals surface area contributed by atoms with Crippen molar-refractivity contribution in [1.29, 1.82) is 0 Å². The number of hydrogen-bond acceptors (Lipinski definition) is 2. The van der Waals surface area contributed by atoms with E-state index in [1.807, 2.05) is 6.07 Å². The molecule has 20 heavy (non-hydrogen) atoms. The van der Waals surface area contributed by atoms with Crippen molar-refractivity contribution >= 4 is 0 Å². The Hall–Kier alpha value is -1.06. The number of quaternary nitrogens is 1. The Bertz CT molecular complexity index is 409. The van der Waals surface area contributed by atoms with Crippen LogP contribution < -0.4 is 9.64 Å². The van der Waals surface area contributed by atoms with E-state index in [1.54, 1.807) is 4.90 Å². The molecule has 0 aromatic heterocycles. The van der Waals surface area contributed by atoms with Gasteiger partial charge in [-0.15, -0.1) is 0 Å². The standard InChI is InChI=1S/C17H27NO2/c1-13(2)16-7-5-6-8-17(16)19-10-9-18-11-14(3)20-15(4)12-18/h5-8,13-15H,9-12H2,1-4H3/p+1/t14-,15-/m0/s1. The van der Waals surface area contributed by atoms with Gasteiger partial charge in [-0.25, -0.2) is 0 Å². The minimum Gasteiger partial charge on any atom is -0.487 e. The Balaban J connectivity index is 1.84. The molecule has 112 valence electrons. The summed E-state index contributed by atoms with van der Waals surface area (Å²) in [6, 6.07) is 8.37. The predicted octanol–water partition coefficient (Wildman–Crippen LogP) is 1.88. The molecule has 0 amide bonds. The summed E-state index contributed by atoms with van der Waals surface area (Å²) in [6.07, 6.45) is 0.716. The van der Waals surface area contributed by atoms with Crippen molar-refractivity contribution in [3.63, 3.8) is 0 Å². The van der Waals surface area contributed by atoms with Gasteiger partial charge >= 0.3 is 0 Å². The van der Waals surface area contributed by atoms with Crippen LogP contribution in [0.5, 0.6) is 5.75 Å². The van der Waals surface area contributed by atoms with Gasteiger partial charge in [-0.2, -0.15) is 0 Å². The minimum absolute atomic E-state index is 0.358. The number of rotatable bonds is 5. The Morgan fingerprint density at radius 2 is 1.85 bits per heavy atom. The molecular weight excluding hydrogens is 250 g/mol. The number of morpholine rings is 1. The lowest BCUT2D eigenvalue weighted by molar-refractivity contribution is -0.915. The third kappa shape index (κ3) is 4.22. The molecule has 3 heteroatoms. The SMILES string of the molecule is CC(C)c1ccccc1OCC[NH+]1C[C@H](C)O[C@@H](C)C1. The fraction of sp³-hybridized carbons (Fsp3) is 0.647. The summed E-state index contributed by atoms with van der Waals surface area (Å²) in [6.45, 7) is 12.7. The fourth-order valence-corrected chi connectivity index (χ4v) is 2.99. The molecule has 1 heterocycles. The summed E-state index contributed by atoms with van der Waals surface area (Å²) in [4.78, 5) is 1.58. The van der Waals surface area contributed by atoms with Crippen molar-refractivity contribution in [1.82, 2.24) is 0 Å². The lowest BCUT2D eigenvalue weighted by atomic mass is 10.0. The first-order valence-corrected chi connectivity index (χ1v) is 7.77. The monoisotopic (exact) mass is 278 g/mol. The molecule has 0 radical (unpaired) electrons. The van der Waals surface area contributed by atoms with E-state index in [0.29, 0.717) is 18.1 Å². The van der Waals surface area contributed by atoms with E-state index in [0.717, 1.165) is 32.0 Å². The zero-order valence-electron chi connectivity index (χ0n) is 13.2. The molecule has 0 saturated carbocycles. The van der Waals surface area contributed by atoms with Crippen molar-refractivity contribution in [2.24, 2.45) is 0 Å². The first kappa shape index (κ1) is 15.3. The normalized spacial score (nSPS) is 26.8. The van der Waals surface area contributed by atoms with Crippen LogP contribution in [0.3, 0.4) is 0 Å². The van der Waals surface area contributed by atoms with Crippen LogP contribution in [0.2, 0.25) is 0 Å². The summed E-state index contributed by atoms with van der Waals surface area (Å²) in [5.41, 5.74) is 1.30. The van der Waals surface area contributed by atoms with Gasteiger partial charge in [0.2, 0.25) is 0 Å². The van der Waals surface area contributed by atoms with Gasteiger partial charge in [0.1, 0.15) is 44.2 Å². The van der Waals surface area contributed by atoms with E-state index >= 15 is 0 Å². The Morgan fingerprint density at radius 3 is 2.50 bits per heavy atom. The molecule has 1 aliphatic heterocycles. The molecule has 1 fully saturated rings. The quantitative estimate of drug-likeness (QED) is 0.889. The zero-order chi connectivity index (χ0) is 14.5. The second-order valence-corrected chi connectivity index (χ2v) is 6.21. The molecule has 2 atom stereocenters. The molecule has 1 aromatic rings. The topological polar surface area (TPSA) is 22.9 Å². The average Bonchev–Trinajstić information content (AvgIpc) is 2.38. The highest BCUT2D eigenvalue weighted by Gasteiger charge is 2.25. The highest BCUT2D eigenvalue weighted by atomic mass is 16.5. The maximum atomic E-state index is 6.01. The molecule has 0 spiro atoms. The number of hydrogen-bond donors (Lipinski definition) is 1. The van der Waals surface area contributed by atoms with Crippen LogP contribution in [0, 0.1) is 0 Å². The lowest BCUT2D eigenvalue weighted by Crippen LogP contribution is -3.16. The zero-order valence-corrected chi connectivity index (χ0v) is 13.2. The first-order chi connectivity index (χ1) is 9.56. The number of benzene rings is 1. The van der Waals surface area contributed by atoms with Crippen LogP contribution >= 0.6 is 0 Å². The van der Waals surface area contributed by atoms with Crippen LogP contribution in [-0.2, 0) is 4.74 Å². The van der Waals surface area contributed by atoms with Gasteiger partial charge in [-0.1, -0.05) is 32.0 Å². The van der Waals surface area contributed by atoms with Crippen molar-refractivity contribution in [3.05, 3.63) is 29.8 Å². The molecule has 0 bridgehead atoms.